The maximum atomic E-state index is 12.3. The van der Waals surface area contributed by atoms with Crippen LogP contribution in [0.2, 0.25) is 0 Å². The molecular weight excluding hydrogens is 262 g/mol. The Labute approximate surface area is 115 Å². The van der Waals surface area contributed by atoms with Crippen LogP contribution in [-0.2, 0) is 16.1 Å². The normalized spacial score (nSPS) is 32.4. The fraction of sp³-hybridized carbons (Fsp3) is 0.571. The third-order valence-electron chi connectivity index (χ3n) is 4.52. The first-order chi connectivity index (χ1) is 9.16. The van der Waals surface area contributed by atoms with Crippen molar-refractivity contribution in [2.24, 2.45) is 23.7 Å². The van der Waals surface area contributed by atoms with Gasteiger partial charge in [0.25, 0.3) is 0 Å². The summed E-state index contributed by atoms with van der Waals surface area (Å²) in [5.41, 5.74) is 0. The number of rotatable bonds is 4. The minimum atomic E-state index is -0.802. The summed E-state index contributed by atoms with van der Waals surface area (Å²) in [6, 6.07) is 3.92. The molecule has 102 valence electrons. The molecule has 0 unspecified atom stereocenters. The minimum absolute atomic E-state index is 0.0759. The summed E-state index contributed by atoms with van der Waals surface area (Å²) in [6.07, 6.45) is 2.88. The standard InChI is InChI=1S/C14H17NO3S/c16-13(15-7-10-2-1-5-19-10)11-8-3-4-9(6-8)12(11)14(17)18/h1-2,5,8-9,11-12H,3-4,6-7H2,(H,15,16)(H,17,18)/t8-,9+,11-,12+/m1/s1. The van der Waals surface area contributed by atoms with E-state index in [0.717, 1.165) is 24.1 Å². The summed E-state index contributed by atoms with van der Waals surface area (Å²) in [6.45, 7) is 0.511. The van der Waals surface area contributed by atoms with Crippen LogP contribution in [0.15, 0.2) is 17.5 Å². The van der Waals surface area contributed by atoms with Crippen LogP contribution in [0, 0.1) is 23.7 Å². The van der Waals surface area contributed by atoms with Crippen LogP contribution < -0.4 is 5.32 Å². The Morgan fingerprint density at radius 1 is 1.32 bits per heavy atom. The van der Waals surface area contributed by atoms with Gasteiger partial charge in [-0.25, -0.2) is 0 Å². The van der Waals surface area contributed by atoms with E-state index in [1.807, 2.05) is 17.5 Å². The second kappa shape index (κ2) is 4.96. The highest BCUT2D eigenvalue weighted by molar-refractivity contribution is 7.09. The van der Waals surface area contributed by atoms with Gasteiger partial charge in [0.2, 0.25) is 5.91 Å². The van der Waals surface area contributed by atoms with Crippen LogP contribution in [0.4, 0.5) is 0 Å². The van der Waals surface area contributed by atoms with Crippen LogP contribution in [0.25, 0.3) is 0 Å². The molecule has 0 spiro atoms. The molecule has 1 amide bonds. The van der Waals surface area contributed by atoms with Crippen molar-refractivity contribution in [3.05, 3.63) is 22.4 Å². The molecular formula is C14H17NO3S. The van der Waals surface area contributed by atoms with E-state index >= 15 is 0 Å². The predicted octanol–water partition coefficient (Wildman–Crippen LogP) is 2.11. The molecule has 0 saturated heterocycles. The smallest absolute Gasteiger partial charge is 0.307 e. The quantitative estimate of drug-likeness (QED) is 0.887. The lowest BCUT2D eigenvalue weighted by Gasteiger charge is -2.26. The highest BCUT2D eigenvalue weighted by Crippen LogP contribution is 2.52. The lowest BCUT2D eigenvalue weighted by molar-refractivity contribution is -0.149. The van der Waals surface area contributed by atoms with E-state index in [2.05, 4.69) is 5.32 Å². The van der Waals surface area contributed by atoms with Crippen molar-refractivity contribution < 1.29 is 14.7 Å². The minimum Gasteiger partial charge on any atom is -0.481 e. The number of amides is 1. The number of fused-ring (bicyclic) bond motifs is 2. The van der Waals surface area contributed by atoms with Gasteiger partial charge in [-0.1, -0.05) is 6.07 Å². The van der Waals surface area contributed by atoms with E-state index in [0.29, 0.717) is 6.54 Å². The summed E-state index contributed by atoms with van der Waals surface area (Å²) in [4.78, 5) is 24.7. The number of carbonyl (C=O) groups is 2. The van der Waals surface area contributed by atoms with Gasteiger partial charge < -0.3 is 10.4 Å². The zero-order valence-corrected chi connectivity index (χ0v) is 11.4. The number of nitrogens with one attached hydrogen (secondary N) is 1. The Bertz CT molecular complexity index is 485. The molecule has 4 atom stereocenters. The number of hydrogen-bond acceptors (Lipinski definition) is 3. The van der Waals surface area contributed by atoms with Gasteiger partial charge in [-0.3, -0.25) is 9.59 Å². The molecule has 19 heavy (non-hydrogen) atoms. The van der Waals surface area contributed by atoms with Crippen molar-refractivity contribution in [2.45, 2.75) is 25.8 Å². The molecule has 2 aliphatic carbocycles. The van der Waals surface area contributed by atoms with Gasteiger partial charge in [-0.15, -0.1) is 11.3 Å². The van der Waals surface area contributed by atoms with Crippen LogP contribution >= 0.6 is 11.3 Å². The van der Waals surface area contributed by atoms with Gasteiger partial charge in [0.05, 0.1) is 18.4 Å². The number of hydrogen-bond donors (Lipinski definition) is 2. The van der Waals surface area contributed by atoms with Crippen LogP contribution in [0.3, 0.4) is 0 Å². The van der Waals surface area contributed by atoms with Gasteiger partial charge in [0, 0.05) is 4.88 Å². The summed E-state index contributed by atoms with van der Waals surface area (Å²) in [5, 5.41) is 14.2. The summed E-state index contributed by atoms with van der Waals surface area (Å²) >= 11 is 1.60. The van der Waals surface area contributed by atoms with E-state index in [-0.39, 0.29) is 23.7 Å². The molecule has 0 aromatic carbocycles. The zero-order valence-electron chi connectivity index (χ0n) is 10.5. The van der Waals surface area contributed by atoms with Crippen molar-refractivity contribution in [3.63, 3.8) is 0 Å². The largest absolute Gasteiger partial charge is 0.481 e. The van der Waals surface area contributed by atoms with E-state index < -0.39 is 11.9 Å². The number of thiophene rings is 1. The SMILES string of the molecule is O=C(NCc1cccs1)[C@@H]1[C@@H]2CC[C@@H](C2)[C@@H]1C(=O)O. The van der Waals surface area contributed by atoms with Crippen molar-refractivity contribution in [1.29, 1.82) is 0 Å². The number of aliphatic carboxylic acids is 1. The fourth-order valence-electron chi connectivity index (χ4n) is 3.73. The van der Waals surface area contributed by atoms with E-state index in [4.69, 9.17) is 0 Å². The Kier molecular flexibility index (Phi) is 3.31. The van der Waals surface area contributed by atoms with Gasteiger partial charge in [0.15, 0.2) is 0 Å². The molecule has 3 rings (SSSR count). The lowest BCUT2D eigenvalue weighted by atomic mass is 9.79. The topological polar surface area (TPSA) is 66.4 Å². The molecule has 2 N–H and O–H groups in total. The first-order valence-electron chi connectivity index (χ1n) is 6.69. The van der Waals surface area contributed by atoms with E-state index in [1.165, 1.54) is 0 Å². The maximum absolute atomic E-state index is 12.3. The first-order valence-corrected chi connectivity index (χ1v) is 7.57. The lowest BCUT2D eigenvalue weighted by Crippen LogP contribution is -2.40. The van der Waals surface area contributed by atoms with Crippen molar-refractivity contribution in [2.75, 3.05) is 0 Å². The monoisotopic (exact) mass is 279 g/mol. The van der Waals surface area contributed by atoms with Crippen LogP contribution in [0.5, 0.6) is 0 Å². The number of carboxylic acids is 1. The number of carboxylic acid groups (broad SMARTS) is 1. The first kappa shape index (κ1) is 12.7. The average molecular weight is 279 g/mol. The van der Waals surface area contributed by atoms with Gasteiger partial charge in [-0.05, 0) is 42.5 Å². The fourth-order valence-corrected chi connectivity index (χ4v) is 4.37. The maximum Gasteiger partial charge on any atom is 0.307 e. The molecule has 0 radical (unpaired) electrons. The van der Waals surface area contributed by atoms with Gasteiger partial charge in [0.1, 0.15) is 0 Å². The summed E-state index contributed by atoms with van der Waals surface area (Å²) in [7, 11) is 0. The molecule has 1 aromatic heterocycles. The van der Waals surface area contributed by atoms with Gasteiger partial charge in [-0.2, -0.15) is 0 Å². The summed E-state index contributed by atoms with van der Waals surface area (Å²) in [5.74, 6) is -1.19. The number of carbonyl (C=O) groups excluding carboxylic acids is 1. The molecule has 5 heteroatoms. The Morgan fingerprint density at radius 2 is 2.05 bits per heavy atom. The Morgan fingerprint density at radius 3 is 2.68 bits per heavy atom. The molecule has 2 saturated carbocycles. The second-order valence-corrected chi connectivity index (χ2v) is 6.55. The van der Waals surface area contributed by atoms with Gasteiger partial charge >= 0.3 is 5.97 Å². The third-order valence-corrected chi connectivity index (χ3v) is 5.40. The van der Waals surface area contributed by atoms with Crippen molar-refractivity contribution >= 4 is 23.2 Å². The molecule has 1 aromatic rings. The highest BCUT2D eigenvalue weighted by atomic mass is 32.1. The highest BCUT2D eigenvalue weighted by Gasteiger charge is 2.53. The molecule has 4 nitrogen and oxygen atoms in total. The van der Waals surface area contributed by atoms with E-state index in [1.54, 1.807) is 11.3 Å². The predicted molar refractivity (Wildman–Crippen MR) is 71.6 cm³/mol. The Balaban J connectivity index is 1.66. The molecule has 0 aliphatic heterocycles. The molecule has 1 heterocycles. The second-order valence-electron chi connectivity index (χ2n) is 5.52. The van der Waals surface area contributed by atoms with Crippen molar-refractivity contribution in [1.82, 2.24) is 5.32 Å². The average Bonchev–Trinajstić information content (AvgIpc) is 3.10. The Hall–Kier alpha value is -1.36. The molecule has 2 bridgehead atoms. The molecule has 2 fully saturated rings. The van der Waals surface area contributed by atoms with Crippen molar-refractivity contribution in [3.8, 4) is 0 Å². The molecule has 2 aliphatic rings. The van der Waals surface area contributed by atoms with Crippen LogP contribution in [-0.4, -0.2) is 17.0 Å². The van der Waals surface area contributed by atoms with Crippen LogP contribution in [0.1, 0.15) is 24.1 Å². The van der Waals surface area contributed by atoms with E-state index in [9.17, 15) is 14.7 Å². The summed E-state index contributed by atoms with van der Waals surface area (Å²) < 4.78 is 0. The third kappa shape index (κ3) is 2.27. The zero-order chi connectivity index (χ0) is 13.4.